The van der Waals surface area contributed by atoms with Crippen molar-refractivity contribution >= 4 is 31.9 Å². The van der Waals surface area contributed by atoms with E-state index in [0.717, 1.165) is 58.6 Å². The van der Waals surface area contributed by atoms with Crippen LogP contribution in [0.25, 0.3) is 0 Å². The Kier molecular flexibility index (Phi) is 9.07. The van der Waals surface area contributed by atoms with Crippen molar-refractivity contribution in [3.63, 3.8) is 0 Å². The van der Waals surface area contributed by atoms with Crippen molar-refractivity contribution in [3.05, 3.63) is 68.1 Å². The van der Waals surface area contributed by atoms with Crippen LogP contribution in [0.5, 0.6) is 0 Å². The average molecular weight is 476 g/mol. The first-order valence-electron chi connectivity index (χ1n) is 8.52. The normalized spacial score (nSPS) is 11.0. The van der Waals surface area contributed by atoms with Gasteiger partial charge in [0.25, 0.3) is 0 Å². The molecule has 25 heavy (non-hydrogen) atoms. The molecular formula is C20H22Br2F2O. The van der Waals surface area contributed by atoms with Crippen LogP contribution in [0.3, 0.4) is 0 Å². The van der Waals surface area contributed by atoms with Gasteiger partial charge in [-0.2, -0.15) is 0 Å². The van der Waals surface area contributed by atoms with Gasteiger partial charge in [-0.05, 0) is 73.9 Å². The zero-order valence-corrected chi connectivity index (χ0v) is 17.2. The molecule has 0 saturated heterocycles. The molecule has 0 aliphatic heterocycles. The Balaban J connectivity index is 1.51. The van der Waals surface area contributed by atoms with Crippen LogP contribution < -0.4 is 0 Å². The maximum absolute atomic E-state index is 13.7. The van der Waals surface area contributed by atoms with Gasteiger partial charge in [0.05, 0.1) is 0 Å². The van der Waals surface area contributed by atoms with E-state index in [9.17, 15) is 8.78 Å². The molecule has 0 unspecified atom stereocenters. The summed E-state index contributed by atoms with van der Waals surface area (Å²) >= 11 is 6.52. The van der Waals surface area contributed by atoms with Crippen molar-refractivity contribution in [1.29, 1.82) is 0 Å². The van der Waals surface area contributed by atoms with E-state index < -0.39 is 0 Å². The minimum absolute atomic E-state index is 0.157. The molecule has 2 aromatic carbocycles. The molecule has 0 aliphatic carbocycles. The number of halogens is 4. The average Bonchev–Trinajstić information content (AvgIpc) is 2.56. The Bertz CT molecular complexity index is 619. The molecule has 0 saturated carbocycles. The van der Waals surface area contributed by atoms with Gasteiger partial charge in [0.2, 0.25) is 0 Å². The summed E-state index contributed by atoms with van der Waals surface area (Å²) in [7, 11) is 0. The van der Waals surface area contributed by atoms with Crippen molar-refractivity contribution in [3.8, 4) is 0 Å². The number of rotatable bonds is 10. The molecule has 2 rings (SSSR count). The standard InChI is InChI=1S/C20H22Br2F2O/c21-17-9-7-15(19(23)13-17)5-1-3-11-25-12-4-2-6-16-8-10-18(22)14-20(16)24/h7-10,13-14H,1-6,11-12H2. The molecule has 0 bridgehead atoms. The number of ether oxygens (including phenoxy) is 1. The Morgan fingerprint density at radius 2 is 1.12 bits per heavy atom. The second kappa shape index (κ2) is 11.0. The summed E-state index contributed by atoms with van der Waals surface area (Å²) in [5.74, 6) is -0.314. The smallest absolute Gasteiger partial charge is 0.127 e. The van der Waals surface area contributed by atoms with Crippen LogP contribution >= 0.6 is 31.9 Å². The highest BCUT2D eigenvalue weighted by molar-refractivity contribution is 9.10. The van der Waals surface area contributed by atoms with Crippen molar-refractivity contribution in [2.75, 3.05) is 13.2 Å². The summed E-state index contributed by atoms with van der Waals surface area (Å²) in [4.78, 5) is 0. The highest BCUT2D eigenvalue weighted by Gasteiger charge is 2.04. The number of aryl methyl sites for hydroxylation is 2. The molecule has 136 valence electrons. The molecule has 0 spiro atoms. The van der Waals surface area contributed by atoms with Crippen LogP contribution in [0.15, 0.2) is 45.3 Å². The van der Waals surface area contributed by atoms with Gasteiger partial charge in [-0.25, -0.2) is 8.78 Å². The van der Waals surface area contributed by atoms with Gasteiger partial charge in [0.15, 0.2) is 0 Å². The van der Waals surface area contributed by atoms with Crippen LogP contribution in [0, 0.1) is 11.6 Å². The largest absolute Gasteiger partial charge is 0.381 e. The van der Waals surface area contributed by atoms with Gasteiger partial charge in [-0.3, -0.25) is 0 Å². The fourth-order valence-electron chi connectivity index (χ4n) is 2.59. The Labute approximate surface area is 165 Å². The predicted molar refractivity (Wildman–Crippen MR) is 105 cm³/mol. The molecule has 0 aromatic heterocycles. The first-order valence-corrected chi connectivity index (χ1v) is 10.1. The summed E-state index contributed by atoms with van der Waals surface area (Å²) < 4.78 is 34.5. The summed E-state index contributed by atoms with van der Waals surface area (Å²) in [5.41, 5.74) is 1.50. The minimum atomic E-state index is -0.157. The van der Waals surface area contributed by atoms with Crippen LogP contribution in [-0.4, -0.2) is 13.2 Å². The van der Waals surface area contributed by atoms with Crippen LogP contribution in [0.1, 0.15) is 36.8 Å². The number of hydrogen-bond donors (Lipinski definition) is 0. The molecule has 0 N–H and O–H groups in total. The van der Waals surface area contributed by atoms with Gasteiger partial charge in [-0.15, -0.1) is 0 Å². The van der Waals surface area contributed by atoms with E-state index in [1.807, 2.05) is 24.3 Å². The predicted octanol–water partition coefficient (Wildman–Crippen LogP) is 6.85. The third-order valence-electron chi connectivity index (χ3n) is 4.00. The highest BCUT2D eigenvalue weighted by Crippen LogP contribution is 2.18. The Morgan fingerprint density at radius 3 is 1.52 bits per heavy atom. The van der Waals surface area contributed by atoms with E-state index in [0.29, 0.717) is 13.2 Å². The van der Waals surface area contributed by atoms with Crippen LogP contribution in [0.2, 0.25) is 0 Å². The fourth-order valence-corrected chi connectivity index (χ4v) is 3.26. The Hall–Kier alpha value is -0.780. The Morgan fingerprint density at radius 1 is 0.680 bits per heavy atom. The second-order valence-corrected chi connectivity index (χ2v) is 7.83. The van der Waals surface area contributed by atoms with Gasteiger partial charge in [0.1, 0.15) is 11.6 Å². The minimum Gasteiger partial charge on any atom is -0.381 e. The van der Waals surface area contributed by atoms with Crippen molar-refractivity contribution in [2.24, 2.45) is 0 Å². The molecule has 2 aromatic rings. The van der Waals surface area contributed by atoms with Gasteiger partial charge in [-0.1, -0.05) is 44.0 Å². The van der Waals surface area contributed by atoms with Gasteiger partial charge < -0.3 is 4.74 Å². The van der Waals surface area contributed by atoms with E-state index in [4.69, 9.17) is 4.74 Å². The monoisotopic (exact) mass is 474 g/mol. The first kappa shape index (κ1) is 20.5. The summed E-state index contributed by atoms with van der Waals surface area (Å²) in [6.07, 6.45) is 5.09. The van der Waals surface area contributed by atoms with Crippen molar-refractivity contribution < 1.29 is 13.5 Å². The molecule has 0 fully saturated rings. The third-order valence-corrected chi connectivity index (χ3v) is 4.99. The summed E-state index contributed by atoms with van der Waals surface area (Å²) in [5, 5.41) is 0. The van der Waals surface area contributed by atoms with E-state index in [1.165, 1.54) is 12.1 Å². The van der Waals surface area contributed by atoms with Crippen LogP contribution in [-0.2, 0) is 17.6 Å². The fraction of sp³-hybridized carbons (Fsp3) is 0.400. The number of unbranched alkanes of at least 4 members (excludes halogenated alkanes) is 2. The maximum Gasteiger partial charge on any atom is 0.127 e. The number of benzene rings is 2. The lowest BCUT2D eigenvalue weighted by atomic mass is 10.1. The second-order valence-electron chi connectivity index (χ2n) is 6.00. The van der Waals surface area contributed by atoms with E-state index in [-0.39, 0.29) is 11.6 Å². The summed E-state index contributed by atoms with van der Waals surface area (Å²) in [6, 6.07) is 10.4. The molecule has 0 atom stereocenters. The van der Waals surface area contributed by atoms with Crippen LogP contribution in [0.4, 0.5) is 8.78 Å². The zero-order chi connectivity index (χ0) is 18.1. The SMILES string of the molecule is Fc1cc(Br)ccc1CCCCOCCCCc1ccc(Br)cc1F. The van der Waals surface area contributed by atoms with Gasteiger partial charge >= 0.3 is 0 Å². The summed E-state index contributed by atoms with van der Waals surface area (Å²) in [6.45, 7) is 1.37. The van der Waals surface area contributed by atoms with Crippen molar-refractivity contribution in [2.45, 2.75) is 38.5 Å². The number of hydrogen-bond acceptors (Lipinski definition) is 1. The van der Waals surface area contributed by atoms with E-state index >= 15 is 0 Å². The van der Waals surface area contributed by atoms with Crippen molar-refractivity contribution in [1.82, 2.24) is 0 Å². The lowest BCUT2D eigenvalue weighted by Gasteiger charge is -2.06. The van der Waals surface area contributed by atoms with E-state index in [2.05, 4.69) is 31.9 Å². The van der Waals surface area contributed by atoms with E-state index in [1.54, 1.807) is 0 Å². The highest BCUT2D eigenvalue weighted by atomic mass is 79.9. The quantitative estimate of drug-likeness (QED) is 0.341. The molecule has 1 nitrogen and oxygen atoms in total. The molecular weight excluding hydrogens is 454 g/mol. The first-order chi connectivity index (χ1) is 12.1. The zero-order valence-electron chi connectivity index (χ0n) is 14.0. The lowest BCUT2D eigenvalue weighted by Crippen LogP contribution is -2.00. The van der Waals surface area contributed by atoms with Gasteiger partial charge in [0, 0.05) is 22.2 Å². The topological polar surface area (TPSA) is 9.23 Å². The lowest BCUT2D eigenvalue weighted by molar-refractivity contribution is 0.126. The molecule has 0 amide bonds. The third kappa shape index (κ3) is 7.55. The maximum atomic E-state index is 13.7. The molecule has 5 heteroatoms. The molecule has 0 heterocycles. The molecule has 0 radical (unpaired) electrons. The molecule has 0 aliphatic rings.